The van der Waals surface area contributed by atoms with Gasteiger partial charge in [-0.25, -0.2) is 14.2 Å². The summed E-state index contributed by atoms with van der Waals surface area (Å²) in [6.45, 7) is 5.90. The summed E-state index contributed by atoms with van der Waals surface area (Å²) < 4.78 is 19.0. The molecule has 160 valence electrons. The summed E-state index contributed by atoms with van der Waals surface area (Å²) in [5.41, 5.74) is 1.10. The summed E-state index contributed by atoms with van der Waals surface area (Å²) >= 11 is 0. The fourth-order valence-electron chi connectivity index (χ4n) is 4.02. The van der Waals surface area contributed by atoms with Crippen molar-refractivity contribution in [2.45, 2.75) is 45.8 Å². The van der Waals surface area contributed by atoms with Gasteiger partial charge in [0.1, 0.15) is 17.8 Å². The summed E-state index contributed by atoms with van der Waals surface area (Å²) in [6, 6.07) is 15.4. The van der Waals surface area contributed by atoms with E-state index >= 15 is 0 Å². The van der Waals surface area contributed by atoms with Crippen molar-refractivity contribution in [3.05, 3.63) is 83.2 Å². The quantitative estimate of drug-likeness (QED) is 0.678. The predicted molar refractivity (Wildman–Crippen MR) is 116 cm³/mol. The van der Waals surface area contributed by atoms with Gasteiger partial charge in [0.15, 0.2) is 0 Å². The molecule has 0 radical (unpaired) electrons. The molecule has 0 saturated heterocycles. The largest absolute Gasteiger partial charge is 0.457 e. The van der Waals surface area contributed by atoms with Crippen molar-refractivity contribution >= 4 is 17.6 Å². The summed E-state index contributed by atoms with van der Waals surface area (Å²) in [4.78, 5) is 26.3. The lowest BCUT2D eigenvalue weighted by Crippen LogP contribution is -2.45. The minimum absolute atomic E-state index is 0.151. The van der Waals surface area contributed by atoms with Gasteiger partial charge in [0, 0.05) is 5.57 Å². The average molecular weight is 420 g/mol. The third-order valence-corrected chi connectivity index (χ3v) is 5.67. The lowest BCUT2D eigenvalue weighted by molar-refractivity contribution is -0.141. The van der Waals surface area contributed by atoms with Crippen molar-refractivity contribution in [1.82, 2.24) is 5.01 Å². The minimum Gasteiger partial charge on any atom is -0.457 e. The molecule has 1 heterocycles. The molecule has 4 rings (SSSR count). The third-order valence-electron chi connectivity index (χ3n) is 5.67. The molecule has 1 aliphatic heterocycles. The van der Waals surface area contributed by atoms with Crippen LogP contribution < -0.4 is 0 Å². The number of benzene rings is 2. The van der Waals surface area contributed by atoms with Gasteiger partial charge in [0.2, 0.25) is 0 Å². The van der Waals surface area contributed by atoms with Gasteiger partial charge in [0.05, 0.1) is 11.3 Å². The Morgan fingerprint density at radius 2 is 1.81 bits per heavy atom. The summed E-state index contributed by atoms with van der Waals surface area (Å²) in [5, 5.41) is 6.14. The van der Waals surface area contributed by atoms with E-state index in [-0.39, 0.29) is 24.8 Å². The molecule has 0 bridgehead atoms. The Morgan fingerprint density at radius 3 is 2.45 bits per heavy atom. The molecular weight excluding hydrogens is 395 g/mol. The zero-order chi connectivity index (χ0) is 22.2. The molecule has 31 heavy (non-hydrogen) atoms. The maximum absolute atomic E-state index is 13.5. The van der Waals surface area contributed by atoms with Crippen LogP contribution in [-0.4, -0.2) is 28.1 Å². The van der Waals surface area contributed by atoms with Gasteiger partial charge in [-0.3, -0.25) is 4.79 Å². The zero-order valence-corrected chi connectivity index (χ0v) is 17.9. The Morgan fingerprint density at radius 1 is 1.13 bits per heavy atom. The van der Waals surface area contributed by atoms with Crippen molar-refractivity contribution in [3.8, 4) is 0 Å². The molecule has 6 heteroatoms. The molecule has 0 saturated carbocycles. The van der Waals surface area contributed by atoms with E-state index in [9.17, 15) is 14.0 Å². The van der Waals surface area contributed by atoms with Gasteiger partial charge >= 0.3 is 5.97 Å². The smallest absolute Gasteiger partial charge is 0.334 e. The van der Waals surface area contributed by atoms with Crippen LogP contribution in [0, 0.1) is 11.2 Å². The van der Waals surface area contributed by atoms with Crippen molar-refractivity contribution < 1.29 is 18.7 Å². The number of rotatable bonds is 4. The molecule has 1 aliphatic carbocycles. The highest BCUT2D eigenvalue weighted by Crippen LogP contribution is 2.47. The molecule has 1 amide bonds. The monoisotopic (exact) mass is 420 g/mol. The van der Waals surface area contributed by atoms with Crippen molar-refractivity contribution in [3.63, 3.8) is 0 Å². The topological polar surface area (TPSA) is 59.0 Å². The first-order valence-electron chi connectivity index (χ1n) is 10.3. The van der Waals surface area contributed by atoms with E-state index in [2.05, 4.69) is 5.10 Å². The Bertz CT molecular complexity index is 1070. The fraction of sp³-hybridized carbons (Fsp3) is 0.320. The first-order valence-corrected chi connectivity index (χ1v) is 10.3. The molecule has 0 N–H and O–H groups in total. The van der Waals surface area contributed by atoms with E-state index in [1.54, 1.807) is 18.2 Å². The lowest BCUT2D eigenvalue weighted by Gasteiger charge is -2.31. The van der Waals surface area contributed by atoms with E-state index in [0.717, 1.165) is 5.56 Å². The number of halogens is 1. The van der Waals surface area contributed by atoms with E-state index < -0.39 is 16.9 Å². The molecule has 2 aliphatic rings. The van der Waals surface area contributed by atoms with Crippen LogP contribution in [0.2, 0.25) is 0 Å². The average Bonchev–Trinajstić information content (AvgIpc) is 3.31. The Labute approximate surface area is 181 Å². The molecule has 0 aromatic heterocycles. The van der Waals surface area contributed by atoms with E-state index in [1.165, 1.54) is 17.1 Å². The van der Waals surface area contributed by atoms with Gasteiger partial charge in [-0.2, -0.15) is 5.10 Å². The third kappa shape index (κ3) is 3.90. The number of carbonyl (C=O) groups is 2. The fourth-order valence-corrected chi connectivity index (χ4v) is 4.02. The van der Waals surface area contributed by atoms with Crippen LogP contribution in [0.3, 0.4) is 0 Å². The first-order chi connectivity index (χ1) is 14.7. The normalized spacial score (nSPS) is 20.8. The van der Waals surface area contributed by atoms with Crippen molar-refractivity contribution in [2.75, 3.05) is 0 Å². The number of carbonyl (C=O) groups excluding carboxylic acids is 2. The van der Waals surface area contributed by atoms with Crippen molar-refractivity contribution in [2.24, 2.45) is 10.5 Å². The number of hydrazone groups is 1. The van der Waals surface area contributed by atoms with Gasteiger partial charge in [0.25, 0.3) is 5.91 Å². The maximum Gasteiger partial charge on any atom is 0.334 e. The van der Waals surface area contributed by atoms with Crippen LogP contribution in [0.1, 0.15) is 44.7 Å². The maximum atomic E-state index is 13.5. The number of nitrogens with zero attached hydrogens (tertiary/aromatic N) is 2. The molecule has 2 aromatic rings. The minimum atomic E-state index is -0.980. The van der Waals surface area contributed by atoms with Gasteiger partial charge in [-0.1, -0.05) is 48.5 Å². The molecule has 1 spiro atoms. The standard InChI is InChI=1S/C25H25FN2O3/c1-24(2,3)28-23(30)25(21(27-28)18-9-11-20(26)12-10-18)14-13-19(15-25)22(29)31-16-17-7-5-4-6-8-17/h4-13H,14-16H2,1-3H3/t25-/m1/s1. The van der Waals surface area contributed by atoms with Crippen LogP contribution in [0.25, 0.3) is 0 Å². The molecule has 2 aromatic carbocycles. The van der Waals surface area contributed by atoms with Gasteiger partial charge in [-0.15, -0.1) is 0 Å². The zero-order valence-electron chi connectivity index (χ0n) is 17.9. The first kappa shape index (κ1) is 21.0. The number of hydrogen-bond acceptors (Lipinski definition) is 4. The highest BCUT2D eigenvalue weighted by atomic mass is 19.1. The summed E-state index contributed by atoms with van der Waals surface area (Å²) in [6.07, 6.45) is 2.34. The Balaban J connectivity index is 1.59. The molecule has 1 atom stereocenters. The molecule has 0 unspecified atom stereocenters. The van der Waals surface area contributed by atoms with E-state index in [0.29, 0.717) is 23.3 Å². The molecule has 5 nitrogen and oxygen atoms in total. The second-order valence-electron chi connectivity index (χ2n) is 9.00. The number of amides is 1. The van der Waals surface area contributed by atoms with Gasteiger partial charge < -0.3 is 4.74 Å². The lowest BCUT2D eigenvalue weighted by atomic mass is 9.76. The van der Waals surface area contributed by atoms with E-state index in [4.69, 9.17) is 4.74 Å². The van der Waals surface area contributed by atoms with Crippen LogP contribution >= 0.6 is 0 Å². The highest BCUT2D eigenvalue weighted by Gasteiger charge is 2.56. The van der Waals surface area contributed by atoms with Crippen LogP contribution in [0.4, 0.5) is 4.39 Å². The number of ether oxygens (including phenoxy) is 1. The summed E-state index contributed by atoms with van der Waals surface area (Å²) in [5.74, 6) is -0.937. The molecule has 0 fully saturated rings. The van der Waals surface area contributed by atoms with Gasteiger partial charge in [-0.05, 0) is 56.9 Å². The number of esters is 1. The molecular formula is C25H25FN2O3. The Hall–Kier alpha value is -3.28. The van der Waals surface area contributed by atoms with E-state index in [1.807, 2.05) is 51.1 Å². The Kier molecular flexibility index (Phi) is 5.25. The van der Waals surface area contributed by atoms with Crippen LogP contribution in [0.5, 0.6) is 0 Å². The SMILES string of the molecule is CC(C)(C)N1N=C(c2ccc(F)cc2)[C@]2(CC=C(C(=O)OCc3ccccc3)C2)C1=O. The second-order valence-corrected chi connectivity index (χ2v) is 9.00. The van der Waals surface area contributed by atoms with Crippen LogP contribution in [-0.2, 0) is 20.9 Å². The summed E-state index contributed by atoms with van der Waals surface area (Å²) in [7, 11) is 0. The predicted octanol–water partition coefficient (Wildman–Crippen LogP) is 4.62. The van der Waals surface area contributed by atoms with Crippen LogP contribution in [0.15, 0.2) is 71.3 Å². The number of allylic oxidation sites excluding steroid dienone is 1. The van der Waals surface area contributed by atoms with Crippen molar-refractivity contribution in [1.29, 1.82) is 0 Å². The number of hydrogen-bond donors (Lipinski definition) is 0. The second kappa shape index (κ2) is 7.76. The highest BCUT2D eigenvalue weighted by molar-refractivity contribution is 6.21.